The Morgan fingerprint density at radius 3 is 1.67 bits per heavy atom. The maximum absolute atomic E-state index is 10.2. The van der Waals surface area contributed by atoms with E-state index in [9.17, 15) is 9.05 Å². The van der Waals surface area contributed by atoms with Gasteiger partial charge in [0.15, 0.2) is 0 Å². The van der Waals surface area contributed by atoms with E-state index >= 15 is 0 Å². The van der Waals surface area contributed by atoms with Crippen LogP contribution in [0.2, 0.25) is 0 Å². The van der Waals surface area contributed by atoms with Gasteiger partial charge in [-0.05, 0) is 9.05 Å². The number of hydrogen-bond acceptors (Lipinski definition) is 3. The molecule has 0 aliphatic carbocycles. The van der Waals surface area contributed by atoms with Crippen LogP contribution >= 0.6 is 0 Å². The molecule has 0 saturated carbocycles. The minimum absolute atomic E-state index is 2.27. The topological polar surface area (TPSA) is 35.5 Å². The zero-order chi connectivity index (χ0) is 4.99. The summed E-state index contributed by atoms with van der Waals surface area (Å²) in [5, 5.41) is 0. The van der Waals surface area contributed by atoms with E-state index in [4.69, 9.17) is 4.21 Å². The van der Waals surface area contributed by atoms with Crippen LogP contribution in [0.15, 0.2) is 0 Å². The Hall–Kier alpha value is -0.0700. The van der Waals surface area contributed by atoms with E-state index in [-0.39, 0.29) is 0 Å². The Balaban J connectivity index is 2.99. The Labute approximate surface area is 34.5 Å². The van der Waals surface area contributed by atoms with E-state index in [2.05, 4.69) is 8.78 Å². The highest BCUT2D eigenvalue weighted by Crippen LogP contribution is 1.86. The first kappa shape index (κ1) is 5.93. The molecule has 0 aliphatic rings. The van der Waals surface area contributed by atoms with Gasteiger partial charge in [-0.15, -0.1) is 0 Å². The largest absolute Gasteiger partial charge is 0.370 e. The second-order valence-corrected chi connectivity index (χ2v) is 0.990. The van der Waals surface area contributed by atoms with E-state index < -0.39 is 11.4 Å². The summed E-state index contributed by atoms with van der Waals surface area (Å²) in [7, 11) is 0. The minimum Gasteiger partial charge on any atom is -0.192 e. The number of hydrogen-bond donors (Lipinski definition) is 0. The van der Waals surface area contributed by atoms with Crippen molar-refractivity contribution in [2.45, 2.75) is 0 Å². The molecule has 0 bridgehead atoms. The molecular weight excluding hydrogens is 118 g/mol. The molecule has 0 aromatic heterocycles. The standard InChI is InChI=1S/F2O3S/c1-4-6(3)5-2. The molecule has 0 unspecified atom stereocenters. The van der Waals surface area contributed by atoms with Gasteiger partial charge in [0.1, 0.15) is 0 Å². The maximum Gasteiger partial charge on any atom is 0.370 e. The lowest BCUT2D eigenvalue weighted by atomic mass is 15.6. The Morgan fingerprint density at radius 1 is 1.33 bits per heavy atom. The quantitative estimate of drug-likeness (QED) is 0.525. The van der Waals surface area contributed by atoms with Crippen LogP contribution in [0.5, 0.6) is 0 Å². The second-order valence-electron chi connectivity index (χ2n) is 0.330. The summed E-state index contributed by atoms with van der Waals surface area (Å²) in [4.78, 5) is 0. The highest BCUT2D eigenvalue weighted by Gasteiger charge is 1.94. The normalized spacial score (nSPS) is 9.83. The summed E-state index contributed by atoms with van der Waals surface area (Å²) in [6.45, 7) is 0. The van der Waals surface area contributed by atoms with Gasteiger partial charge in [-0.1, -0.05) is 8.78 Å². The average Bonchev–Trinajstić information content (AvgIpc) is 1.65. The first-order valence-corrected chi connectivity index (χ1v) is 1.81. The Bertz CT molecular complexity index is 46.8. The van der Waals surface area contributed by atoms with Crippen molar-refractivity contribution < 1.29 is 22.0 Å². The first-order valence-electron chi connectivity index (χ1n) is 0.809. The molecule has 0 atom stereocenters. The maximum atomic E-state index is 10.2. The lowest BCUT2D eigenvalue weighted by Gasteiger charge is -1.75. The monoisotopic (exact) mass is 118 g/mol. The summed E-state index contributed by atoms with van der Waals surface area (Å²) < 4.78 is 34.1. The van der Waals surface area contributed by atoms with E-state index in [1.54, 1.807) is 0 Å². The van der Waals surface area contributed by atoms with Crippen molar-refractivity contribution in [1.29, 1.82) is 0 Å². The molecule has 0 rings (SSSR count). The third kappa shape index (κ3) is 2.18. The Kier molecular flexibility index (Phi) is 3.10. The van der Waals surface area contributed by atoms with Crippen molar-refractivity contribution in [1.82, 2.24) is 0 Å². The number of rotatable bonds is 2. The predicted octanol–water partition coefficient (Wildman–Crippen LogP) is 0.367. The molecule has 0 spiro atoms. The van der Waals surface area contributed by atoms with Crippen LogP contribution in [0, 0.1) is 0 Å². The van der Waals surface area contributed by atoms with Crippen molar-refractivity contribution in [3.63, 3.8) is 0 Å². The molecule has 6 heteroatoms. The van der Waals surface area contributed by atoms with Crippen molar-refractivity contribution in [2.24, 2.45) is 0 Å². The van der Waals surface area contributed by atoms with E-state index in [1.165, 1.54) is 0 Å². The molecule has 0 aliphatic heterocycles. The summed E-state index contributed by atoms with van der Waals surface area (Å²) >= 11 is -2.87. The molecule has 0 N–H and O–H groups in total. The van der Waals surface area contributed by atoms with Gasteiger partial charge in [0, 0.05) is 0 Å². The van der Waals surface area contributed by atoms with Crippen LogP contribution in [0.25, 0.3) is 0 Å². The zero-order valence-electron chi connectivity index (χ0n) is 2.39. The van der Waals surface area contributed by atoms with Gasteiger partial charge in [-0.2, -0.15) is 4.21 Å². The van der Waals surface area contributed by atoms with Gasteiger partial charge in [0.25, 0.3) is 0 Å². The fourth-order valence-electron chi connectivity index (χ4n) is 0.00972. The summed E-state index contributed by atoms with van der Waals surface area (Å²) in [6.07, 6.45) is 0. The second kappa shape index (κ2) is 3.13. The third-order valence-corrected chi connectivity index (χ3v) is 0.309. The van der Waals surface area contributed by atoms with E-state index in [1.807, 2.05) is 0 Å². The van der Waals surface area contributed by atoms with Gasteiger partial charge < -0.3 is 0 Å². The van der Waals surface area contributed by atoms with Gasteiger partial charge >= 0.3 is 11.4 Å². The first-order chi connectivity index (χ1) is 2.81. The molecule has 0 radical (unpaired) electrons. The fraction of sp³-hybridized carbons (Fsp3) is 0. The van der Waals surface area contributed by atoms with Gasteiger partial charge in [-0.25, -0.2) is 0 Å². The molecule has 38 valence electrons. The summed E-state index contributed by atoms with van der Waals surface area (Å²) in [6, 6.07) is 0. The van der Waals surface area contributed by atoms with Crippen LogP contribution in [0.3, 0.4) is 0 Å². The summed E-state index contributed by atoms with van der Waals surface area (Å²) in [5.74, 6) is 0. The highest BCUT2D eigenvalue weighted by atomic mass is 32.2. The molecular formula is F2O3S. The molecule has 6 heavy (non-hydrogen) atoms. The van der Waals surface area contributed by atoms with Gasteiger partial charge in [0.05, 0.1) is 0 Å². The third-order valence-electron chi connectivity index (χ3n) is 0.103. The minimum atomic E-state index is -2.87. The van der Waals surface area contributed by atoms with Crippen LogP contribution in [-0.4, -0.2) is 4.21 Å². The van der Waals surface area contributed by atoms with Gasteiger partial charge in [-0.3, -0.25) is 0 Å². The van der Waals surface area contributed by atoms with Crippen LogP contribution < -0.4 is 0 Å². The summed E-state index contributed by atoms with van der Waals surface area (Å²) in [5.41, 5.74) is 0. The average molecular weight is 118 g/mol. The molecule has 0 fully saturated rings. The predicted molar refractivity (Wildman–Crippen MR) is 12.5 cm³/mol. The number of halogens is 2. The lowest BCUT2D eigenvalue weighted by Crippen LogP contribution is -1.84. The van der Waals surface area contributed by atoms with Crippen molar-refractivity contribution in [3.05, 3.63) is 0 Å². The molecule has 3 nitrogen and oxygen atoms in total. The van der Waals surface area contributed by atoms with Crippen LogP contribution in [-0.2, 0) is 20.1 Å². The Morgan fingerprint density at radius 2 is 1.67 bits per heavy atom. The van der Waals surface area contributed by atoms with E-state index in [0.29, 0.717) is 0 Å². The van der Waals surface area contributed by atoms with Gasteiger partial charge in [0.2, 0.25) is 0 Å². The molecule has 0 amide bonds. The van der Waals surface area contributed by atoms with Crippen LogP contribution in [0.4, 0.5) is 9.05 Å². The van der Waals surface area contributed by atoms with Crippen molar-refractivity contribution in [2.75, 3.05) is 0 Å². The highest BCUT2D eigenvalue weighted by molar-refractivity contribution is 7.74. The molecule has 0 aromatic carbocycles. The van der Waals surface area contributed by atoms with Crippen molar-refractivity contribution in [3.8, 4) is 0 Å². The SMILES string of the molecule is O=S(OF)OF. The molecule has 0 aromatic rings. The molecule has 0 heterocycles. The smallest absolute Gasteiger partial charge is 0.192 e. The fourth-order valence-corrected chi connectivity index (χ4v) is 0.0292. The molecule has 0 saturated heterocycles. The lowest BCUT2D eigenvalue weighted by molar-refractivity contribution is -0.0619. The van der Waals surface area contributed by atoms with Crippen molar-refractivity contribution >= 4 is 11.4 Å². The van der Waals surface area contributed by atoms with Crippen LogP contribution in [0.1, 0.15) is 0 Å². The zero-order valence-corrected chi connectivity index (χ0v) is 3.21. The van der Waals surface area contributed by atoms with E-state index in [0.717, 1.165) is 0 Å².